The van der Waals surface area contributed by atoms with E-state index in [0.29, 0.717) is 5.57 Å². The molecular formula is C11H13N3O. The minimum absolute atomic E-state index is 0.458. The summed E-state index contributed by atoms with van der Waals surface area (Å²) in [6, 6.07) is 7.45. The molecule has 0 saturated heterocycles. The van der Waals surface area contributed by atoms with Crippen molar-refractivity contribution in [1.82, 2.24) is 0 Å². The summed E-state index contributed by atoms with van der Waals surface area (Å²) in [6.07, 6.45) is 1.65. The highest BCUT2D eigenvalue weighted by Crippen LogP contribution is 2.31. The third-order valence-corrected chi connectivity index (χ3v) is 2.33. The standard InChI is InChI=1S/C11H13N3O/c1-11(13)6-8(10(12)15)7-4-2-3-5-9(7)14-11/h2-6,14H,13H2,1H3,(H2,12,15). The van der Waals surface area contributed by atoms with Crippen LogP contribution in [0, 0.1) is 0 Å². The molecule has 1 heterocycles. The van der Waals surface area contributed by atoms with Crippen LogP contribution in [0.25, 0.3) is 5.57 Å². The van der Waals surface area contributed by atoms with Crippen LogP contribution in [0.2, 0.25) is 0 Å². The van der Waals surface area contributed by atoms with Crippen LogP contribution in [0.4, 0.5) is 5.69 Å². The van der Waals surface area contributed by atoms with E-state index >= 15 is 0 Å². The molecule has 15 heavy (non-hydrogen) atoms. The number of rotatable bonds is 1. The second kappa shape index (κ2) is 3.10. The van der Waals surface area contributed by atoms with Gasteiger partial charge in [0.05, 0.1) is 0 Å². The first-order chi connectivity index (χ1) is 6.99. The van der Waals surface area contributed by atoms with Crippen LogP contribution in [0.1, 0.15) is 12.5 Å². The number of fused-ring (bicyclic) bond motifs is 1. The molecule has 4 heteroatoms. The Hall–Kier alpha value is -1.81. The van der Waals surface area contributed by atoms with E-state index in [2.05, 4.69) is 5.32 Å². The Morgan fingerprint density at radius 1 is 1.40 bits per heavy atom. The van der Waals surface area contributed by atoms with Gasteiger partial charge in [0.2, 0.25) is 5.91 Å². The van der Waals surface area contributed by atoms with Crippen molar-refractivity contribution in [2.24, 2.45) is 11.5 Å². The number of amides is 1. The molecule has 1 unspecified atom stereocenters. The van der Waals surface area contributed by atoms with Gasteiger partial charge in [-0.15, -0.1) is 0 Å². The predicted octanol–water partition coefficient (Wildman–Crippen LogP) is 0.656. The largest absolute Gasteiger partial charge is 0.366 e. The molecule has 0 aromatic heterocycles. The van der Waals surface area contributed by atoms with Gasteiger partial charge in [0.25, 0.3) is 0 Å². The fourth-order valence-corrected chi connectivity index (χ4v) is 1.73. The minimum Gasteiger partial charge on any atom is -0.366 e. The Morgan fingerprint density at radius 3 is 2.73 bits per heavy atom. The molecule has 0 saturated carbocycles. The second-order valence-corrected chi connectivity index (χ2v) is 3.88. The molecule has 2 rings (SSSR count). The van der Waals surface area contributed by atoms with Gasteiger partial charge in [-0.05, 0) is 19.1 Å². The number of anilines is 1. The quantitative estimate of drug-likeness (QED) is 0.627. The van der Waals surface area contributed by atoms with Gasteiger partial charge in [-0.1, -0.05) is 18.2 Å². The lowest BCUT2D eigenvalue weighted by Gasteiger charge is -2.30. The molecule has 1 aliphatic rings. The molecule has 0 spiro atoms. The van der Waals surface area contributed by atoms with Crippen LogP contribution in [0.3, 0.4) is 0 Å². The number of benzene rings is 1. The summed E-state index contributed by atoms with van der Waals surface area (Å²) in [4.78, 5) is 11.3. The van der Waals surface area contributed by atoms with E-state index in [0.717, 1.165) is 11.3 Å². The topological polar surface area (TPSA) is 81.1 Å². The maximum Gasteiger partial charge on any atom is 0.249 e. The molecule has 0 fully saturated rings. The maximum absolute atomic E-state index is 11.3. The van der Waals surface area contributed by atoms with Crippen molar-refractivity contribution in [3.8, 4) is 0 Å². The number of hydrogen-bond acceptors (Lipinski definition) is 3. The fraction of sp³-hybridized carbons (Fsp3) is 0.182. The number of carbonyl (C=O) groups is 1. The normalized spacial score (nSPS) is 23.7. The first-order valence-electron chi connectivity index (χ1n) is 4.69. The van der Waals surface area contributed by atoms with E-state index in [1.807, 2.05) is 24.3 Å². The molecular weight excluding hydrogens is 190 g/mol. The van der Waals surface area contributed by atoms with Gasteiger partial charge in [-0.2, -0.15) is 0 Å². The highest BCUT2D eigenvalue weighted by atomic mass is 16.1. The van der Waals surface area contributed by atoms with Gasteiger partial charge < -0.3 is 16.8 Å². The number of nitrogens with one attached hydrogen (secondary N) is 1. The van der Waals surface area contributed by atoms with Crippen LogP contribution in [0.15, 0.2) is 30.3 Å². The first-order valence-corrected chi connectivity index (χ1v) is 4.69. The highest BCUT2D eigenvalue weighted by molar-refractivity contribution is 6.21. The predicted molar refractivity (Wildman–Crippen MR) is 59.8 cm³/mol. The van der Waals surface area contributed by atoms with Crippen LogP contribution in [0.5, 0.6) is 0 Å². The van der Waals surface area contributed by atoms with Crippen molar-refractivity contribution < 1.29 is 4.79 Å². The van der Waals surface area contributed by atoms with Crippen molar-refractivity contribution in [3.63, 3.8) is 0 Å². The molecule has 1 aromatic rings. The van der Waals surface area contributed by atoms with Gasteiger partial charge in [0, 0.05) is 16.8 Å². The molecule has 4 nitrogen and oxygen atoms in total. The first kappa shape index (κ1) is 9.73. The van der Waals surface area contributed by atoms with E-state index in [1.54, 1.807) is 13.0 Å². The molecule has 1 amide bonds. The second-order valence-electron chi connectivity index (χ2n) is 3.88. The van der Waals surface area contributed by atoms with Gasteiger partial charge >= 0.3 is 0 Å². The van der Waals surface area contributed by atoms with Crippen molar-refractivity contribution in [3.05, 3.63) is 35.9 Å². The summed E-state index contributed by atoms with van der Waals surface area (Å²) < 4.78 is 0. The van der Waals surface area contributed by atoms with Gasteiger partial charge in [0.15, 0.2) is 0 Å². The zero-order chi connectivity index (χ0) is 11.1. The minimum atomic E-state index is -0.737. The van der Waals surface area contributed by atoms with Crippen LogP contribution >= 0.6 is 0 Å². The van der Waals surface area contributed by atoms with E-state index in [9.17, 15) is 4.79 Å². The molecule has 1 atom stereocenters. The Morgan fingerprint density at radius 2 is 2.07 bits per heavy atom. The SMILES string of the molecule is CC1(N)C=C(C(N)=O)c2ccccc2N1. The summed E-state index contributed by atoms with van der Waals surface area (Å²) in [6.45, 7) is 1.78. The number of nitrogens with two attached hydrogens (primary N) is 2. The third kappa shape index (κ3) is 1.71. The zero-order valence-corrected chi connectivity index (χ0v) is 8.45. The molecule has 0 radical (unpaired) electrons. The van der Waals surface area contributed by atoms with Gasteiger partial charge in [0.1, 0.15) is 5.66 Å². The smallest absolute Gasteiger partial charge is 0.249 e. The summed E-state index contributed by atoms with van der Waals surface area (Å²) in [7, 11) is 0. The van der Waals surface area contributed by atoms with Crippen LogP contribution in [-0.4, -0.2) is 11.6 Å². The van der Waals surface area contributed by atoms with Crippen LogP contribution in [-0.2, 0) is 4.79 Å². The molecule has 0 bridgehead atoms. The molecule has 1 aliphatic heterocycles. The summed E-state index contributed by atoms with van der Waals surface area (Å²) in [5.74, 6) is -0.458. The molecule has 1 aromatic carbocycles. The van der Waals surface area contributed by atoms with Crippen molar-refractivity contribution >= 4 is 17.2 Å². The number of carbonyl (C=O) groups excluding carboxylic acids is 1. The maximum atomic E-state index is 11.3. The Kier molecular flexibility index (Phi) is 2.01. The molecule has 5 N–H and O–H groups in total. The van der Waals surface area contributed by atoms with Gasteiger partial charge in [-0.3, -0.25) is 4.79 Å². The van der Waals surface area contributed by atoms with E-state index in [4.69, 9.17) is 11.5 Å². The zero-order valence-electron chi connectivity index (χ0n) is 8.45. The molecule has 78 valence electrons. The Balaban J connectivity index is 2.60. The number of primary amides is 1. The van der Waals surface area contributed by atoms with Crippen molar-refractivity contribution in [2.75, 3.05) is 5.32 Å². The average molecular weight is 203 g/mol. The van der Waals surface area contributed by atoms with E-state index in [1.165, 1.54) is 0 Å². The number of hydrogen-bond donors (Lipinski definition) is 3. The van der Waals surface area contributed by atoms with Crippen LogP contribution < -0.4 is 16.8 Å². The van der Waals surface area contributed by atoms with E-state index < -0.39 is 11.6 Å². The number of para-hydroxylation sites is 1. The molecule has 0 aliphatic carbocycles. The Bertz CT molecular complexity index is 449. The van der Waals surface area contributed by atoms with E-state index in [-0.39, 0.29) is 0 Å². The highest BCUT2D eigenvalue weighted by Gasteiger charge is 2.26. The Labute approximate surface area is 88.0 Å². The summed E-state index contributed by atoms with van der Waals surface area (Å²) in [5, 5.41) is 3.11. The summed E-state index contributed by atoms with van der Waals surface area (Å²) >= 11 is 0. The van der Waals surface area contributed by atoms with Crippen molar-refractivity contribution in [1.29, 1.82) is 0 Å². The average Bonchev–Trinajstić information content (AvgIpc) is 2.14. The lowest BCUT2D eigenvalue weighted by Crippen LogP contribution is -2.45. The van der Waals surface area contributed by atoms with Gasteiger partial charge in [-0.25, -0.2) is 0 Å². The summed E-state index contributed by atoms with van der Waals surface area (Å²) in [5.41, 5.74) is 12.6. The monoisotopic (exact) mass is 203 g/mol. The lowest BCUT2D eigenvalue weighted by atomic mass is 9.94. The van der Waals surface area contributed by atoms with Crippen molar-refractivity contribution in [2.45, 2.75) is 12.6 Å². The lowest BCUT2D eigenvalue weighted by molar-refractivity contribution is -0.112. The fourth-order valence-electron chi connectivity index (χ4n) is 1.73. The third-order valence-electron chi connectivity index (χ3n) is 2.33.